The van der Waals surface area contributed by atoms with Gasteiger partial charge in [-0.05, 0) is 68.2 Å². The Balaban J connectivity index is 2.15. The van der Waals surface area contributed by atoms with Gasteiger partial charge in [-0.3, -0.25) is 0 Å². The summed E-state index contributed by atoms with van der Waals surface area (Å²) in [7, 11) is 0. The van der Waals surface area contributed by atoms with E-state index in [1.54, 1.807) is 6.07 Å². The molecule has 2 nitrogen and oxygen atoms in total. The summed E-state index contributed by atoms with van der Waals surface area (Å²) < 4.78 is 14.6. The molecule has 2 rings (SSSR count). The molecule has 1 aliphatic rings. The van der Waals surface area contributed by atoms with E-state index in [2.05, 4.69) is 19.2 Å². The van der Waals surface area contributed by atoms with Crippen molar-refractivity contribution in [3.8, 4) is 5.75 Å². The van der Waals surface area contributed by atoms with E-state index in [1.165, 1.54) is 0 Å². The van der Waals surface area contributed by atoms with Gasteiger partial charge in [0.05, 0.1) is 0 Å². The van der Waals surface area contributed by atoms with Gasteiger partial charge in [-0.25, -0.2) is 4.39 Å². The molecule has 0 aliphatic heterocycles. The van der Waals surface area contributed by atoms with Crippen LogP contribution in [0, 0.1) is 11.7 Å². The average Bonchev–Trinajstić information content (AvgIpc) is 2.61. The molecule has 0 saturated heterocycles. The third kappa shape index (κ3) is 3.97. The fourth-order valence-corrected chi connectivity index (χ4v) is 3.19. The van der Waals surface area contributed by atoms with Crippen LogP contribution in [-0.2, 0) is 19.3 Å². The Morgan fingerprint density at radius 3 is 2.86 bits per heavy atom. The van der Waals surface area contributed by atoms with Crippen molar-refractivity contribution in [3.05, 3.63) is 28.6 Å². The summed E-state index contributed by atoms with van der Waals surface area (Å²) in [6.45, 7) is 7.33. The predicted molar refractivity (Wildman–Crippen MR) is 85.3 cm³/mol. The first-order valence-electron chi connectivity index (χ1n) is 8.28. The van der Waals surface area contributed by atoms with Crippen molar-refractivity contribution < 1.29 is 9.50 Å². The summed E-state index contributed by atoms with van der Waals surface area (Å²) in [6, 6.07) is 2.14. The van der Waals surface area contributed by atoms with Crippen molar-refractivity contribution in [2.24, 2.45) is 5.92 Å². The maximum Gasteiger partial charge on any atom is 0.133 e. The number of phenolic OH excluding ortho intramolecular Hbond substituents is 1. The number of halogens is 1. The minimum atomic E-state index is -0.176. The summed E-state index contributed by atoms with van der Waals surface area (Å²) in [4.78, 5) is 0. The van der Waals surface area contributed by atoms with E-state index >= 15 is 0 Å². The number of rotatable bonds is 5. The topological polar surface area (TPSA) is 32.3 Å². The van der Waals surface area contributed by atoms with Crippen molar-refractivity contribution in [1.82, 2.24) is 5.32 Å². The first-order valence-corrected chi connectivity index (χ1v) is 8.28. The second kappa shape index (κ2) is 7.26. The van der Waals surface area contributed by atoms with Crippen LogP contribution in [-0.4, -0.2) is 17.7 Å². The highest BCUT2D eigenvalue weighted by molar-refractivity contribution is 5.44. The molecule has 21 heavy (non-hydrogen) atoms. The largest absolute Gasteiger partial charge is 0.508 e. The molecular formula is C18H28FNO. The van der Waals surface area contributed by atoms with Crippen LogP contribution in [0.4, 0.5) is 4.39 Å². The molecule has 1 aliphatic carbocycles. The molecule has 0 amide bonds. The molecule has 3 heteroatoms. The molecule has 0 saturated carbocycles. The molecule has 0 aromatic heterocycles. The zero-order chi connectivity index (χ0) is 15.4. The highest BCUT2D eigenvalue weighted by Crippen LogP contribution is 2.31. The second-order valence-corrected chi connectivity index (χ2v) is 6.61. The summed E-state index contributed by atoms with van der Waals surface area (Å²) in [5.74, 6) is 0.640. The summed E-state index contributed by atoms with van der Waals surface area (Å²) >= 11 is 0. The first kappa shape index (κ1) is 16.3. The van der Waals surface area contributed by atoms with E-state index < -0.39 is 0 Å². The molecule has 1 atom stereocenters. The van der Waals surface area contributed by atoms with E-state index in [9.17, 15) is 9.50 Å². The van der Waals surface area contributed by atoms with Crippen molar-refractivity contribution in [2.45, 2.75) is 65.3 Å². The average molecular weight is 293 g/mol. The summed E-state index contributed by atoms with van der Waals surface area (Å²) in [6.07, 6.45) is 5.43. The molecule has 2 N–H and O–H groups in total. The van der Waals surface area contributed by atoms with Crippen LogP contribution in [0.1, 0.15) is 56.7 Å². The first-order chi connectivity index (χ1) is 10.0. The van der Waals surface area contributed by atoms with Gasteiger partial charge in [0.2, 0.25) is 0 Å². The lowest BCUT2D eigenvalue weighted by molar-refractivity contribution is 0.437. The molecule has 1 aromatic rings. The van der Waals surface area contributed by atoms with E-state index in [0.717, 1.165) is 49.8 Å². The fraction of sp³-hybridized carbons (Fsp3) is 0.667. The Morgan fingerprint density at radius 1 is 1.43 bits per heavy atom. The van der Waals surface area contributed by atoms with Crippen LogP contribution in [0.15, 0.2) is 6.07 Å². The highest BCUT2D eigenvalue weighted by atomic mass is 19.1. The van der Waals surface area contributed by atoms with Gasteiger partial charge in [-0.1, -0.05) is 20.8 Å². The van der Waals surface area contributed by atoms with Crippen molar-refractivity contribution >= 4 is 0 Å². The Kier molecular flexibility index (Phi) is 5.63. The monoisotopic (exact) mass is 293 g/mol. The smallest absolute Gasteiger partial charge is 0.133 e. The summed E-state index contributed by atoms with van der Waals surface area (Å²) in [5.41, 5.74) is 2.29. The minimum Gasteiger partial charge on any atom is -0.508 e. The molecule has 0 fully saturated rings. The quantitative estimate of drug-likeness (QED) is 0.805. The minimum absolute atomic E-state index is 0.125. The van der Waals surface area contributed by atoms with Gasteiger partial charge in [0.1, 0.15) is 11.6 Å². The SMILES string of the molecule is CCc1c(O)cc2c(c1F)CC(NCCC(C)C)CCC2. The Bertz CT molecular complexity index is 485. The van der Waals surface area contributed by atoms with E-state index in [1.807, 2.05) is 6.92 Å². The van der Waals surface area contributed by atoms with Crippen LogP contribution in [0.2, 0.25) is 0 Å². The Hall–Kier alpha value is -1.09. The number of fused-ring (bicyclic) bond motifs is 1. The lowest BCUT2D eigenvalue weighted by Crippen LogP contribution is -2.32. The zero-order valence-electron chi connectivity index (χ0n) is 13.5. The molecule has 1 unspecified atom stereocenters. The third-order valence-electron chi connectivity index (χ3n) is 4.50. The number of hydrogen-bond acceptors (Lipinski definition) is 2. The number of hydrogen-bond donors (Lipinski definition) is 2. The standard InChI is InChI=1S/C18H28FNO/c1-4-15-17(21)10-13-6-5-7-14(11-16(13)18(15)19)20-9-8-12(2)3/h10,12,14,20-21H,4-9,11H2,1-3H3. The van der Waals surface area contributed by atoms with Gasteiger partial charge in [0, 0.05) is 11.6 Å². The van der Waals surface area contributed by atoms with Crippen molar-refractivity contribution in [3.63, 3.8) is 0 Å². The lowest BCUT2D eigenvalue weighted by Gasteiger charge is -2.19. The lowest BCUT2D eigenvalue weighted by atomic mass is 9.96. The molecule has 118 valence electrons. The zero-order valence-corrected chi connectivity index (χ0v) is 13.5. The van der Waals surface area contributed by atoms with Crippen LogP contribution < -0.4 is 5.32 Å². The van der Waals surface area contributed by atoms with Gasteiger partial charge < -0.3 is 10.4 Å². The number of nitrogens with one attached hydrogen (secondary N) is 1. The van der Waals surface area contributed by atoms with Gasteiger partial charge in [-0.2, -0.15) is 0 Å². The fourth-order valence-electron chi connectivity index (χ4n) is 3.19. The normalized spacial score (nSPS) is 18.6. The molecule has 1 aromatic carbocycles. The number of aryl methyl sites for hydroxylation is 1. The third-order valence-corrected chi connectivity index (χ3v) is 4.50. The maximum absolute atomic E-state index is 14.6. The number of aromatic hydroxyl groups is 1. The second-order valence-electron chi connectivity index (χ2n) is 6.61. The van der Waals surface area contributed by atoms with E-state index in [-0.39, 0.29) is 11.6 Å². The number of benzene rings is 1. The predicted octanol–water partition coefficient (Wildman–Crippen LogP) is 3.98. The van der Waals surface area contributed by atoms with Crippen molar-refractivity contribution in [2.75, 3.05) is 6.54 Å². The van der Waals surface area contributed by atoms with Gasteiger partial charge in [0.25, 0.3) is 0 Å². The molecule has 0 bridgehead atoms. The van der Waals surface area contributed by atoms with Gasteiger partial charge in [-0.15, -0.1) is 0 Å². The summed E-state index contributed by atoms with van der Waals surface area (Å²) in [5, 5.41) is 13.5. The number of phenols is 1. The van der Waals surface area contributed by atoms with Crippen LogP contribution in [0.5, 0.6) is 5.75 Å². The molecular weight excluding hydrogens is 265 g/mol. The molecule has 0 spiro atoms. The maximum atomic E-state index is 14.6. The van der Waals surface area contributed by atoms with E-state index in [4.69, 9.17) is 0 Å². The van der Waals surface area contributed by atoms with E-state index in [0.29, 0.717) is 23.9 Å². The molecule has 0 heterocycles. The Labute approximate surface area is 127 Å². The van der Waals surface area contributed by atoms with Crippen LogP contribution in [0.3, 0.4) is 0 Å². The van der Waals surface area contributed by atoms with Crippen LogP contribution in [0.25, 0.3) is 0 Å². The Morgan fingerprint density at radius 2 is 2.19 bits per heavy atom. The van der Waals surface area contributed by atoms with Crippen LogP contribution >= 0.6 is 0 Å². The van der Waals surface area contributed by atoms with Gasteiger partial charge in [0.15, 0.2) is 0 Å². The molecule has 0 radical (unpaired) electrons. The van der Waals surface area contributed by atoms with Gasteiger partial charge >= 0.3 is 0 Å². The van der Waals surface area contributed by atoms with Crippen molar-refractivity contribution in [1.29, 1.82) is 0 Å². The highest BCUT2D eigenvalue weighted by Gasteiger charge is 2.22.